The summed E-state index contributed by atoms with van der Waals surface area (Å²) >= 11 is 3.57. The van der Waals surface area contributed by atoms with Gasteiger partial charge < -0.3 is 5.73 Å². The minimum Gasteiger partial charge on any atom is -0.313 e. The van der Waals surface area contributed by atoms with Crippen LogP contribution in [0, 0.1) is 0 Å². The molecule has 0 aliphatic heterocycles. The average molecular weight is 226 g/mol. The minimum absolute atomic E-state index is 0.276. The molecule has 0 fully saturated rings. The molecule has 2 N–H and O–H groups in total. The van der Waals surface area contributed by atoms with Crippen molar-refractivity contribution < 1.29 is 0 Å². The van der Waals surface area contributed by atoms with E-state index >= 15 is 0 Å². The second kappa shape index (κ2) is 2.86. The van der Waals surface area contributed by atoms with E-state index in [1.54, 1.807) is 0 Å². The predicted molar refractivity (Wildman–Crippen MR) is 54.2 cm³/mol. The zero-order valence-electron chi connectivity index (χ0n) is 6.89. The largest absolute Gasteiger partial charge is 0.313 e. The van der Waals surface area contributed by atoms with Crippen molar-refractivity contribution in [3.05, 3.63) is 35.4 Å². The van der Waals surface area contributed by atoms with Crippen LogP contribution in [0.15, 0.2) is 24.3 Å². The lowest BCUT2D eigenvalue weighted by Gasteiger charge is -2.30. The number of fused-ring (bicyclic) bond motifs is 1. The maximum Gasteiger partial charge on any atom is 0.0975 e. The van der Waals surface area contributed by atoms with E-state index in [1.807, 2.05) is 6.07 Å². The Hall–Kier alpha value is -0.340. The van der Waals surface area contributed by atoms with Crippen LogP contribution in [0.1, 0.15) is 24.0 Å². The van der Waals surface area contributed by atoms with Gasteiger partial charge in [-0.05, 0) is 30.4 Å². The van der Waals surface area contributed by atoms with Crippen LogP contribution in [0.25, 0.3) is 0 Å². The molecule has 1 aromatic rings. The van der Waals surface area contributed by atoms with E-state index in [-0.39, 0.29) is 4.45 Å². The summed E-state index contributed by atoms with van der Waals surface area (Å²) in [5.74, 6) is 0. The first kappa shape index (κ1) is 8.27. The van der Waals surface area contributed by atoms with Gasteiger partial charge in [-0.15, -0.1) is 0 Å². The Morgan fingerprint density at radius 3 is 2.83 bits per heavy atom. The molecule has 0 spiro atoms. The summed E-state index contributed by atoms with van der Waals surface area (Å²) in [6.45, 7) is 0. The molecule has 1 unspecified atom stereocenters. The Kier molecular flexibility index (Phi) is 1.97. The number of nitrogens with two attached hydrogens (primary N) is 1. The molecular weight excluding hydrogens is 214 g/mol. The van der Waals surface area contributed by atoms with Gasteiger partial charge in [0.2, 0.25) is 0 Å². The molecule has 0 aromatic heterocycles. The quantitative estimate of drug-likeness (QED) is 0.533. The van der Waals surface area contributed by atoms with Gasteiger partial charge in [0.1, 0.15) is 0 Å². The first-order chi connectivity index (χ1) is 5.70. The highest BCUT2D eigenvalue weighted by Crippen LogP contribution is 2.37. The maximum atomic E-state index is 6.11. The second-order valence-electron chi connectivity index (χ2n) is 3.37. The van der Waals surface area contributed by atoms with E-state index < -0.39 is 0 Å². The van der Waals surface area contributed by atoms with Gasteiger partial charge in [-0.1, -0.05) is 40.2 Å². The van der Waals surface area contributed by atoms with Crippen LogP contribution in [-0.4, -0.2) is 0 Å². The van der Waals surface area contributed by atoms with Gasteiger partial charge >= 0.3 is 0 Å². The monoisotopic (exact) mass is 225 g/mol. The van der Waals surface area contributed by atoms with E-state index in [2.05, 4.69) is 34.1 Å². The molecule has 1 nitrogen and oxygen atoms in total. The average Bonchev–Trinajstić information content (AvgIpc) is 2.04. The third kappa shape index (κ3) is 1.29. The summed E-state index contributed by atoms with van der Waals surface area (Å²) in [5, 5.41) is 0. The lowest BCUT2D eigenvalue weighted by atomic mass is 9.88. The lowest BCUT2D eigenvalue weighted by Crippen LogP contribution is -2.33. The van der Waals surface area contributed by atoms with Crippen LogP contribution in [0.4, 0.5) is 0 Å². The summed E-state index contributed by atoms with van der Waals surface area (Å²) in [6, 6.07) is 8.40. The van der Waals surface area contributed by atoms with Gasteiger partial charge in [0, 0.05) is 0 Å². The van der Waals surface area contributed by atoms with Crippen molar-refractivity contribution in [3.63, 3.8) is 0 Å². The summed E-state index contributed by atoms with van der Waals surface area (Å²) in [4.78, 5) is 0. The van der Waals surface area contributed by atoms with Crippen molar-refractivity contribution in [2.75, 3.05) is 0 Å². The molecule has 1 aliphatic rings. The molecule has 1 atom stereocenters. The van der Waals surface area contributed by atoms with Crippen LogP contribution in [0.2, 0.25) is 0 Å². The van der Waals surface area contributed by atoms with Crippen LogP contribution in [-0.2, 0) is 10.9 Å². The van der Waals surface area contributed by atoms with Crippen LogP contribution in [0.3, 0.4) is 0 Å². The highest BCUT2D eigenvalue weighted by molar-refractivity contribution is 9.09. The Labute approximate surface area is 81.1 Å². The molecular formula is C10H12BrN. The summed E-state index contributed by atoms with van der Waals surface area (Å²) in [7, 11) is 0. The first-order valence-corrected chi connectivity index (χ1v) is 5.06. The molecule has 2 heteroatoms. The third-order valence-electron chi connectivity index (χ3n) is 2.45. The van der Waals surface area contributed by atoms with Crippen molar-refractivity contribution in [2.45, 2.75) is 23.7 Å². The number of alkyl halides is 1. The normalized spacial score (nSPS) is 28.2. The molecule has 0 amide bonds. The van der Waals surface area contributed by atoms with E-state index in [4.69, 9.17) is 5.73 Å². The Balaban J connectivity index is 2.52. The second-order valence-corrected chi connectivity index (χ2v) is 4.79. The zero-order valence-corrected chi connectivity index (χ0v) is 8.47. The van der Waals surface area contributed by atoms with Gasteiger partial charge in [-0.25, -0.2) is 0 Å². The molecule has 1 aromatic carbocycles. The molecule has 0 heterocycles. The van der Waals surface area contributed by atoms with Crippen molar-refractivity contribution >= 4 is 15.9 Å². The van der Waals surface area contributed by atoms with E-state index in [1.165, 1.54) is 24.0 Å². The van der Waals surface area contributed by atoms with E-state index in [0.717, 1.165) is 6.42 Å². The summed E-state index contributed by atoms with van der Waals surface area (Å²) in [5.41, 5.74) is 8.76. The number of hydrogen-bond acceptors (Lipinski definition) is 1. The number of benzene rings is 1. The van der Waals surface area contributed by atoms with Crippen LogP contribution < -0.4 is 5.73 Å². The van der Waals surface area contributed by atoms with E-state index in [9.17, 15) is 0 Å². The minimum atomic E-state index is -0.276. The topological polar surface area (TPSA) is 26.0 Å². The summed E-state index contributed by atoms with van der Waals surface area (Å²) in [6.07, 6.45) is 3.38. The standard InChI is InChI=1S/C10H12BrN/c11-10(12)7-3-5-8-4-1-2-6-9(8)10/h1-2,4,6H,3,5,7,12H2. The van der Waals surface area contributed by atoms with Gasteiger partial charge in [-0.2, -0.15) is 0 Å². The highest BCUT2D eigenvalue weighted by atomic mass is 79.9. The van der Waals surface area contributed by atoms with Crippen molar-refractivity contribution in [2.24, 2.45) is 5.73 Å². The molecule has 12 heavy (non-hydrogen) atoms. The fraction of sp³-hybridized carbons (Fsp3) is 0.400. The van der Waals surface area contributed by atoms with Crippen molar-refractivity contribution in [3.8, 4) is 0 Å². The fourth-order valence-corrected chi connectivity index (χ4v) is 2.48. The van der Waals surface area contributed by atoms with Gasteiger partial charge in [-0.3, -0.25) is 0 Å². The van der Waals surface area contributed by atoms with Crippen molar-refractivity contribution in [1.82, 2.24) is 0 Å². The predicted octanol–water partition coefficient (Wildman–Crippen LogP) is 2.53. The molecule has 2 rings (SSSR count). The van der Waals surface area contributed by atoms with Gasteiger partial charge in [0.05, 0.1) is 4.45 Å². The highest BCUT2D eigenvalue weighted by Gasteiger charge is 2.28. The molecule has 64 valence electrons. The fourth-order valence-electron chi connectivity index (χ4n) is 1.81. The number of hydrogen-bond donors (Lipinski definition) is 1. The summed E-state index contributed by atoms with van der Waals surface area (Å²) < 4.78 is -0.276. The number of rotatable bonds is 0. The van der Waals surface area contributed by atoms with Gasteiger partial charge in [0.25, 0.3) is 0 Å². The zero-order chi connectivity index (χ0) is 8.60. The van der Waals surface area contributed by atoms with Crippen LogP contribution in [0.5, 0.6) is 0 Å². The van der Waals surface area contributed by atoms with Crippen LogP contribution >= 0.6 is 15.9 Å². The molecule has 1 aliphatic carbocycles. The molecule has 0 saturated carbocycles. The molecule has 0 saturated heterocycles. The molecule has 0 radical (unpaired) electrons. The number of halogens is 1. The lowest BCUT2D eigenvalue weighted by molar-refractivity contribution is 0.534. The van der Waals surface area contributed by atoms with E-state index in [0.29, 0.717) is 0 Å². The first-order valence-electron chi connectivity index (χ1n) is 4.26. The number of aryl methyl sites for hydroxylation is 1. The third-order valence-corrected chi connectivity index (χ3v) is 3.28. The Bertz CT molecular complexity index is 294. The van der Waals surface area contributed by atoms with Gasteiger partial charge in [0.15, 0.2) is 0 Å². The Morgan fingerprint density at radius 2 is 2.08 bits per heavy atom. The molecule has 0 bridgehead atoms. The SMILES string of the molecule is NC1(Br)CCCc2ccccc21. The van der Waals surface area contributed by atoms with Crippen molar-refractivity contribution in [1.29, 1.82) is 0 Å². The maximum absolute atomic E-state index is 6.11. The Morgan fingerprint density at radius 1 is 1.33 bits per heavy atom. The smallest absolute Gasteiger partial charge is 0.0975 e.